The zero-order valence-corrected chi connectivity index (χ0v) is 13.2. The zero-order valence-electron chi connectivity index (χ0n) is 12.3. The summed E-state index contributed by atoms with van der Waals surface area (Å²) < 4.78 is 0. The average molecular weight is 321 g/mol. The third-order valence-electron chi connectivity index (χ3n) is 4.05. The highest BCUT2D eigenvalue weighted by Crippen LogP contribution is 2.48. The van der Waals surface area contributed by atoms with E-state index in [1.54, 1.807) is 12.4 Å². The Balaban J connectivity index is 1.42. The summed E-state index contributed by atoms with van der Waals surface area (Å²) in [6, 6.07) is 14.0. The van der Waals surface area contributed by atoms with Crippen molar-refractivity contribution in [3.63, 3.8) is 0 Å². The fourth-order valence-corrected chi connectivity index (χ4v) is 3.45. The molecule has 0 radical (unpaired) electrons. The first kappa shape index (κ1) is 14.1. The van der Waals surface area contributed by atoms with Gasteiger partial charge in [0.1, 0.15) is 0 Å². The Bertz CT molecular complexity index is 817. The van der Waals surface area contributed by atoms with Gasteiger partial charge in [-0.05, 0) is 30.0 Å². The lowest BCUT2D eigenvalue weighted by molar-refractivity contribution is -0.117. The van der Waals surface area contributed by atoms with Crippen LogP contribution in [0.5, 0.6) is 0 Å². The molecule has 4 rings (SSSR count). The summed E-state index contributed by atoms with van der Waals surface area (Å²) in [5.74, 6) is 0.461. The van der Waals surface area contributed by atoms with Crippen LogP contribution in [0.25, 0.3) is 11.3 Å². The van der Waals surface area contributed by atoms with Crippen molar-refractivity contribution in [2.45, 2.75) is 12.3 Å². The molecule has 2 heterocycles. The molecule has 1 fully saturated rings. The van der Waals surface area contributed by atoms with E-state index in [9.17, 15) is 4.79 Å². The van der Waals surface area contributed by atoms with E-state index in [4.69, 9.17) is 0 Å². The summed E-state index contributed by atoms with van der Waals surface area (Å²) in [5.41, 5.74) is 3.04. The lowest BCUT2D eigenvalue weighted by Gasteiger charge is -2.01. The molecule has 3 aromatic rings. The molecule has 4 nitrogen and oxygen atoms in total. The normalized spacial score (nSPS) is 19.3. The van der Waals surface area contributed by atoms with Crippen LogP contribution >= 0.6 is 11.3 Å². The van der Waals surface area contributed by atoms with Crippen LogP contribution < -0.4 is 5.32 Å². The van der Waals surface area contributed by atoms with Crippen molar-refractivity contribution in [1.82, 2.24) is 9.97 Å². The molecule has 1 aromatic carbocycles. The van der Waals surface area contributed by atoms with Crippen molar-refractivity contribution < 1.29 is 4.79 Å². The molecule has 0 unspecified atom stereocenters. The first-order chi connectivity index (χ1) is 11.3. The van der Waals surface area contributed by atoms with Gasteiger partial charge in [0.05, 0.1) is 5.69 Å². The van der Waals surface area contributed by atoms with Crippen LogP contribution in [-0.2, 0) is 4.79 Å². The number of rotatable bonds is 4. The predicted molar refractivity (Wildman–Crippen MR) is 91.3 cm³/mol. The van der Waals surface area contributed by atoms with E-state index in [1.807, 2.05) is 35.7 Å². The van der Waals surface area contributed by atoms with Gasteiger partial charge in [-0.15, -0.1) is 11.3 Å². The summed E-state index contributed by atoms with van der Waals surface area (Å²) in [4.78, 5) is 20.9. The van der Waals surface area contributed by atoms with Crippen LogP contribution in [-0.4, -0.2) is 15.9 Å². The Morgan fingerprint density at radius 3 is 2.83 bits per heavy atom. The van der Waals surface area contributed by atoms with Gasteiger partial charge < -0.3 is 5.32 Å². The van der Waals surface area contributed by atoms with Crippen molar-refractivity contribution in [3.8, 4) is 11.3 Å². The van der Waals surface area contributed by atoms with Gasteiger partial charge in [0.15, 0.2) is 5.13 Å². The van der Waals surface area contributed by atoms with Gasteiger partial charge in [-0.2, -0.15) is 0 Å². The number of hydrogen-bond donors (Lipinski definition) is 1. The van der Waals surface area contributed by atoms with Gasteiger partial charge in [0.25, 0.3) is 0 Å². The van der Waals surface area contributed by atoms with E-state index in [1.165, 1.54) is 16.9 Å². The largest absolute Gasteiger partial charge is 0.302 e. The Morgan fingerprint density at radius 2 is 2.04 bits per heavy atom. The highest BCUT2D eigenvalue weighted by atomic mass is 32.1. The van der Waals surface area contributed by atoms with Crippen LogP contribution in [0.15, 0.2) is 60.2 Å². The molecule has 114 valence electrons. The van der Waals surface area contributed by atoms with E-state index >= 15 is 0 Å². The lowest BCUT2D eigenvalue weighted by Crippen LogP contribution is -2.14. The lowest BCUT2D eigenvalue weighted by atomic mass is 10.1. The number of carbonyl (C=O) groups excluding carboxylic acids is 1. The van der Waals surface area contributed by atoms with Gasteiger partial charge in [0.2, 0.25) is 5.91 Å². The number of pyridine rings is 1. The molecule has 0 spiro atoms. The van der Waals surface area contributed by atoms with Gasteiger partial charge in [0, 0.05) is 29.3 Å². The molecule has 1 N–H and O–H groups in total. The number of nitrogens with one attached hydrogen (secondary N) is 1. The molecule has 1 aliphatic carbocycles. The van der Waals surface area contributed by atoms with Crippen LogP contribution in [0.4, 0.5) is 5.13 Å². The molecule has 1 saturated carbocycles. The van der Waals surface area contributed by atoms with E-state index in [2.05, 4.69) is 27.4 Å². The average Bonchev–Trinajstić information content (AvgIpc) is 3.29. The smallest absolute Gasteiger partial charge is 0.229 e. The molecule has 0 saturated heterocycles. The number of hydrogen-bond acceptors (Lipinski definition) is 4. The summed E-state index contributed by atoms with van der Waals surface area (Å²) in [7, 11) is 0. The number of aromatic nitrogens is 2. The highest BCUT2D eigenvalue weighted by molar-refractivity contribution is 7.14. The van der Waals surface area contributed by atoms with E-state index < -0.39 is 0 Å². The van der Waals surface area contributed by atoms with Crippen LogP contribution in [0.2, 0.25) is 0 Å². The first-order valence-corrected chi connectivity index (χ1v) is 8.41. The van der Waals surface area contributed by atoms with Crippen LogP contribution in [0.1, 0.15) is 17.9 Å². The SMILES string of the molecule is O=C(Nc1nc(-c2cccnc2)cs1)[C@@H]1C[C@H]1c1ccccc1. The maximum absolute atomic E-state index is 12.3. The number of amides is 1. The second-order valence-corrected chi connectivity index (χ2v) is 6.49. The molecule has 0 aliphatic heterocycles. The van der Waals surface area contributed by atoms with E-state index in [0.29, 0.717) is 11.0 Å². The Labute approximate surface area is 138 Å². The molecule has 1 aliphatic rings. The topological polar surface area (TPSA) is 54.9 Å². The number of benzene rings is 1. The van der Waals surface area contributed by atoms with Crippen molar-refractivity contribution in [1.29, 1.82) is 0 Å². The van der Waals surface area contributed by atoms with Gasteiger partial charge >= 0.3 is 0 Å². The fraction of sp³-hybridized carbons (Fsp3) is 0.167. The molecule has 23 heavy (non-hydrogen) atoms. The monoisotopic (exact) mass is 321 g/mol. The zero-order chi connectivity index (χ0) is 15.6. The third-order valence-corrected chi connectivity index (χ3v) is 4.80. The number of thiazole rings is 1. The molecule has 2 atom stereocenters. The second-order valence-electron chi connectivity index (χ2n) is 5.63. The van der Waals surface area contributed by atoms with E-state index in [0.717, 1.165) is 17.7 Å². The van der Waals surface area contributed by atoms with Gasteiger partial charge in [-0.1, -0.05) is 30.3 Å². The number of nitrogens with zero attached hydrogens (tertiary/aromatic N) is 2. The predicted octanol–water partition coefficient (Wildman–Crippen LogP) is 3.95. The minimum atomic E-state index is 0.0585. The number of carbonyl (C=O) groups is 1. The molecule has 5 heteroatoms. The second kappa shape index (κ2) is 5.93. The minimum Gasteiger partial charge on any atom is -0.302 e. The van der Waals surface area contributed by atoms with Gasteiger partial charge in [-0.25, -0.2) is 4.98 Å². The van der Waals surface area contributed by atoms with Crippen LogP contribution in [0.3, 0.4) is 0 Å². The minimum absolute atomic E-state index is 0.0585. The Morgan fingerprint density at radius 1 is 1.17 bits per heavy atom. The summed E-state index contributed by atoms with van der Waals surface area (Å²) in [5, 5.41) is 5.53. The quantitative estimate of drug-likeness (QED) is 0.791. The van der Waals surface area contributed by atoms with Crippen LogP contribution in [0, 0.1) is 5.92 Å². The van der Waals surface area contributed by atoms with Crippen molar-refractivity contribution in [2.75, 3.05) is 5.32 Å². The molecule has 0 bridgehead atoms. The Hall–Kier alpha value is -2.53. The van der Waals surface area contributed by atoms with Crippen molar-refractivity contribution in [2.24, 2.45) is 5.92 Å². The first-order valence-electron chi connectivity index (χ1n) is 7.53. The third kappa shape index (κ3) is 3.00. The van der Waals surface area contributed by atoms with Gasteiger partial charge in [-0.3, -0.25) is 9.78 Å². The van der Waals surface area contributed by atoms with Crippen molar-refractivity contribution >= 4 is 22.4 Å². The maximum Gasteiger partial charge on any atom is 0.229 e. The Kier molecular flexibility index (Phi) is 3.63. The highest BCUT2D eigenvalue weighted by Gasteiger charge is 2.44. The summed E-state index contributed by atoms with van der Waals surface area (Å²) >= 11 is 1.44. The molecule has 1 amide bonds. The maximum atomic E-state index is 12.3. The van der Waals surface area contributed by atoms with Crippen molar-refractivity contribution in [3.05, 3.63) is 65.8 Å². The molecule has 2 aromatic heterocycles. The number of anilines is 1. The standard InChI is InChI=1S/C18H15N3OS/c22-17(15-9-14(15)12-5-2-1-3-6-12)21-18-20-16(11-23-18)13-7-4-8-19-10-13/h1-8,10-11,14-15H,9H2,(H,20,21,22)/t14-,15+/m0/s1. The molecular weight excluding hydrogens is 306 g/mol. The fourth-order valence-electron chi connectivity index (χ4n) is 2.73. The molecular formula is C18H15N3OS. The van der Waals surface area contributed by atoms with E-state index in [-0.39, 0.29) is 11.8 Å². The summed E-state index contributed by atoms with van der Waals surface area (Å²) in [6.07, 6.45) is 4.42. The summed E-state index contributed by atoms with van der Waals surface area (Å²) in [6.45, 7) is 0.